The van der Waals surface area contributed by atoms with Crippen molar-refractivity contribution in [1.29, 1.82) is 0 Å². The summed E-state index contributed by atoms with van der Waals surface area (Å²) >= 11 is 0. The van der Waals surface area contributed by atoms with E-state index in [0.717, 1.165) is 9.99 Å². The summed E-state index contributed by atoms with van der Waals surface area (Å²) < 4.78 is 26.4. The maximum Gasteiger partial charge on any atom is 0.321 e. The molecule has 0 heterocycles. The van der Waals surface area contributed by atoms with Gasteiger partial charge in [0.15, 0.2) is 0 Å². The first-order chi connectivity index (χ1) is 11.1. The molecule has 1 aromatic rings. The van der Waals surface area contributed by atoms with Gasteiger partial charge in [-0.1, -0.05) is 0 Å². The minimum absolute atomic E-state index is 0.00373. The number of sulfonamides is 1. The summed E-state index contributed by atoms with van der Waals surface area (Å²) in [5.41, 5.74) is 0.824. The molecule has 1 amide bonds. The van der Waals surface area contributed by atoms with Crippen LogP contribution in [0.5, 0.6) is 0 Å². The van der Waals surface area contributed by atoms with Gasteiger partial charge in [0.1, 0.15) is 6.04 Å². The number of nitrogens with one attached hydrogen (secondary N) is 1. The van der Waals surface area contributed by atoms with E-state index in [1.165, 1.54) is 26.0 Å². The second-order valence-electron chi connectivity index (χ2n) is 5.50. The van der Waals surface area contributed by atoms with Crippen molar-refractivity contribution in [3.05, 3.63) is 24.3 Å². The highest BCUT2D eigenvalue weighted by Crippen LogP contribution is 2.21. The molecule has 0 saturated heterocycles. The molecule has 1 aromatic carbocycles. The molecular formula is C15H23N3O5S. The van der Waals surface area contributed by atoms with E-state index < -0.39 is 22.0 Å². The first-order valence-electron chi connectivity index (χ1n) is 7.34. The fourth-order valence-electron chi connectivity index (χ4n) is 2.04. The van der Waals surface area contributed by atoms with Gasteiger partial charge >= 0.3 is 5.97 Å². The van der Waals surface area contributed by atoms with Crippen molar-refractivity contribution in [2.45, 2.75) is 24.8 Å². The number of nitrogens with zero attached hydrogens (tertiary/aromatic N) is 2. The number of rotatable bonds is 8. The fourth-order valence-corrected chi connectivity index (χ4v) is 3.63. The van der Waals surface area contributed by atoms with Crippen molar-refractivity contribution in [2.24, 2.45) is 0 Å². The highest BCUT2D eigenvalue weighted by Gasteiger charge is 2.32. The second-order valence-corrected chi connectivity index (χ2v) is 7.39. The molecule has 134 valence electrons. The number of carbonyl (C=O) groups is 2. The Balaban J connectivity index is 3.13. The summed E-state index contributed by atoms with van der Waals surface area (Å²) in [7, 11) is -0.345. The third-order valence-corrected chi connectivity index (χ3v) is 5.44. The van der Waals surface area contributed by atoms with E-state index in [-0.39, 0.29) is 23.9 Å². The Labute approximate surface area is 142 Å². The molecule has 0 spiro atoms. The van der Waals surface area contributed by atoms with E-state index in [1.54, 1.807) is 12.1 Å². The van der Waals surface area contributed by atoms with Gasteiger partial charge in [0, 0.05) is 39.8 Å². The average molecular weight is 357 g/mol. The van der Waals surface area contributed by atoms with Crippen LogP contribution in [0.1, 0.15) is 13.8 Å². The van der Waals surface area contributed by atoms with Crippen LogP contribution in [0.3, 0.4) is 0 Å². The van der Waals surface area contributed by atoms with Crippen LogP contribution in [-0.4, -0.2) is 62.9 Å². The number of hydrogen-bond acceptors (Lipinski definition) is 5. The highest BCUT2D eigenvalue weighted by molar-refractivity contribution is 7.89. The van der Waals surface area contributed by atoms with Gasteiger partial charge < -0.3 is 15.3 Å². The summed E-state index contributed by atoms with van der Waals surface area (Å²) in [6.07, 6.45) is 0. The van der Waals surface area contributed by atoms with Crippen LogP contribution < -0.4 is 10.2 Å². The highest BCUT2D eigenvalue weighted by atomic mass is 32.2. The Morgan fingerprint density at radius 1 is 1.21 bits per heavy atom. The lowest BCUT2D eigenvalue weighted by molar-refractivity contribution is -0.140. The molecule has 2 N–H and O–H groups in total. The van der Waals surface area contributed by atoms with Gasteiger partial charge in [0.05, 0.1) is 4.90 Å². The predicted molar refractivity (Wildman–Crippen MR) is 90.4 cm³/mol. The van der Waals surface area contributed by atoms with Crippen molar-refractivity contribution in [2.75, 3.05) is 32.1 Å². The van der Waals surface area contributed by atoms with Crippen LogP contribution in [0, 0.1) is 0 Å². The standard InChI is InChI=1S/C15H23N3O5S/c1-11(15(20)21)18(10-9-16-12(2)19)24(22,23)14-7-5-13(6-8-14)17(3)4/h5-8,11H,9-10H2,1-4H3,(H,16,19)(H,20,21). The van der Waals surface area contributed by atoms with Crippen LogP contribution >= 0.6 is 0 Å². The zero-order chi connectivity index (χ0) is 18.5. The largest absolute Gasteiger partial charge is 0.480 e. The van der Waals surface area contributed by atoms with Crippen LogP contribution in [0.2, 0.25) is 0 Å². The quantitative estimate of drug-likeness (QED) is 0.695. The van der Waals surface area contributed by atoms with Gasteiger partial charge in [-0.05, 0) is 31.2 Å². The molecule has 0 radical (unpaired) electrons. The zero-order valence-corrected chi connectivity index (χ0v) is 15.0. The molecule has 0 fully saturated rings. The third kappa shape index (κ3) is 4.93. The molecule has 0 aliphatic carbocycles. The van der Waals surface area contributed by atoms with Crippen molar-refractivity contribution in [1.82, 2.24) is 9.62 Å². The first kappa shape index (κ1) is 19.9. The second kappa shape index (κ2) is 8.11. The number of carboxylic acids is 1. The summed E-state index contributed by atoms with van der Waals surface area (Å²) in [5.74, 6) is -1.57. The van der Waals surface area contributed by atoms with Gasteiger partial charge in [-0.2, -0.15) is 4.31 Å². The number of anilines is 1. The number of aliphatic carboxylic acids is 1. The molecule has 9 heteroatoms. The minimum Gasteiger partial charge on any atom is -0.480 e. The van der Waals surface area contributed by atoms with Crippen molar-refractivity contribution < 1.29 is 23.1 Å². The SMILES string of the molecule is CC(=O)NCCN(C(C)C(=O)O)S(=O)(=O)c1ccc(N(C)C)cc1. The number of amides is 1. The minimum atomic E-state index is -4.00. The topological polar surface area (TPSA) is 107 Å². The lowest BCUT2D eigenvalue weighted by atomic mass is 10.3. The zero-order valence-electron chi connectivity index (χ0n) is 14.2. The number of hydrogen-bond donors (Lipinski definition) is 2. The van der Waals surface area contributed by atoms with Gasteiger partial charge in [0.2, 0.25) is 15.9 Å². The van der Waals surface area contributed by atoms with Crippen LogP contribution in [-0.2, 0) is 19.6 Å². The van der Waals surface area contributed by atoms with E-state index in [0.29, 0.717) is 0 Å². The summed E-state index contributed by atoms with van der Waals surface area (Å²) in [5, 5.41) is 11.7. The van der Waals surface area contributed by atoms with Crippen LogP contribution in [0.25, 0.3) is 0 Å². The molecule has 1 rings (SSSR count). The average Bonchev–Trinajstić information content (AvgIpc) is 2.50. The van der Waals surface area contributed by atoms with E-state index in [9.17, 15) is 23.1 Å². The van der Waals surface area contributed by atoms with E-state index in [2.05, 4.69) is 5.32 Å². The van der Waals surface area contributed by atoms with Crippen LogP contribution in [0.15, 0.2) is 29.2 Å². The Bertz CT molecular complexity index is 686. The molecule has 0 aromatic heterocycles. The maximum absolute atomic E-state index is 12.8. The number of carbonyl (C=O) groups excluding carboxylic acids is 1. The first-order valence-corrected chi connectivity index (χ1v) is 8.78. The Kier molecular flexibility index (Phi) is 6.73. The maximum atomic E-state index is 12.8. The van der Waals surface area contributed by atoms with Crippen molar-refractivity contribution in [3.8, 4) is 0 Å². The Morgan fingerprint density at radius 3 is 2.17 bits per heavy atom. The molecule has 0 bridgehead atoms. The fraction of sp³-hybridized carbons (Fsp3) is 0.467. The van der Waals surface area contributed by atoms with E-state index in [4.69, 9.17) is 0 Å². The van der Waals surface area contributed by atoms with Crippen molar-refractivity contribution in [3.63, 3.8) is 0 Å². The summed E-state index contributed by atoms with van der Waals surface area (Å²) in [6.45, 7) is 2.49. The monoisotopic (exact) mass is 357 g/mol. The normalized spacial score (nSPS) is 12.7. The van der Waals surface area contributed by atoms with Gasteiger partial charge in [-0.15, -0.1) is 0 Å². The van der Waals surface area contributed by atoms with Gasteiger partial charge in [0.25, 0.3) is 0 Å². The lowest BCUT2D eigenvalue weighted by Gasteiger charge is -2.26. The molecule has 0 aliphatic heterocycles. The van der Waals surface area contributed by atoms with Crippen LogP contribution in [0.4, 0.5) is 5.69 Å². The molecule has 8 nitrogen and oxygen atoms in total. The third-order valence-electron chi connectivity index (χ3n) is 3.46. The van der Waals surface area contributed by atoms with E-state index in [1.807, 2.05) is 19.0 Å². The molecule has 1 atom stereocenters. The van der Waals surface area contributed by atoms with Gasteiger partial charge in [-0.25, -0.2) is 8.42 Å². The van der Waals surface area contributed by atoms with Crippen molar-refractivity contribution >= 4 is 27.6 Å². The molecule has 1 unspecified atom stereocenters. The molecule has 0 saturated carbocycles. The Morgan fingerprint density at radius 2 is 1.75 bits per heavy atom. The number of benzene rings is 1. The number of carboxylic acid groups (broad SMARTS) is 1. The predicted octanol–water partition coefficient (Wildman–Crippen LogP) is 0.353. The smallest absolute Gasteiger partial charge is 0.321 e. The Hall–Kier alpha value is -2.13. The lowest BCUT2D eigenvalue weighted by Crippen LogP contribution is -2.46. The summed E-state index contributed by atoms with van der Waals surface area (Å²) in [4.78, 5) is 24.0. The molecule has 24 heavy (non-hydrogen) atoms. The van der Waals surface area contributed by atoms with Gasteiger partial charge in [-0.3, -0.25) is 9.59 Å². The summed E-state index contributed by atoms with van der Waals surface area (Å²) in [6, 6.07) is 4.90. The molecule has 0 aliphatic rings. The molecular weight excluding hydrogens is 334 g/mol. The van der Waals surface area contributed by atoms with E-state index >= 15 is 0 Å².